The van der Waals surface area contributed by atoms with Gasteiger partial charge < -0.3 is 9.64 Å². The minimum atomic E-state index is -4.35. The molecule has 2 aliphatic rings. The molecule has 0 aliphatic carbocycles. The summed E-state index contributed by atoms with van der Waals surface area (Å²) in [4.78, 5) is 3.95. The highest BCUT2D eigenvalue weighted by Gasteiger charge is 2.32. The second kappa shape index (κ2) is 9.11. The van der Waals surface area contributed by atoms with Crippen molar-refractivity contribution in [1.82, 2.24) is 9.21 Å². The molecule has 2 aromatic rings. The minimum Gasteiger partial charge on any atom is -0.485 e. The Hall–Kier alpha value is -2.37. The van der Waals surface area contributed by atoms with Crippen LogP contribution in [-0.4, -0.2) is 69.3 Å². The second-order valence-electron chi connectivity index (χ2n) is 8.39. The van der Waals surface area contributed by atoms with Crippen LogP contribution >= 0.6 is 0 Å². The number of ether oxygens (including phenoxy) is 1. The van der Waals surface area contributed by atoms with Crippen LogP contribution in [0.1, 0.15) is 11.1 Å². The number of anilines is 1. The first-order valence-corrected chi connectivity index (χ1v) is 12.4. The van der Waals surface area contributed by atoms with Crippen molar-refractivity contribution in [2.45, 2.75) is 18.8 Å². The van der Waals surface area contributed by atoms with Crippen LogP contribution in [0.4, 0.5) is 23.2 Å². The van der Waals surface area contributed by atoms with Crippen LogP contribution in [0, 0.1) is 5.82 Å². The molecule has 180 valence electrons. The maximum absolute atomic E-state index is 14.6. The normalized spacial score (nSPS) is 18.9. The lowest BCUT2D eigenvalue weighted by molar-refractivity contribution is -0.137. The van der Waals surface area contributed by atoms with Crippen LogP contribution in [-0.2, 0) is 22.7 Å². The van der Waals surface area contributed by atoms with Gasteiger partial charge in [0.25, 0.3) is 0 Å². The second-order valence-corrected chi connectivity index (χ2v) is 10.4. The Kier molecular flexibility index (Phi) is 6.56. The van der Waals surface area contributed by atoms with E-state index in [1.54, 1.807) is 12.1 Å². The molecule has 0 amide bonds. The molecule has 0 aromatic heterocycles. The number of hydrogen-bond acceptors (Lipinski definition) is 5. The summed E-state index contributed by atoms with van der Waals surface area (Å²) in [6.07, 6.45) is -3.36. The molecule has 33 heavy (non-hydrogen) atoms. The summed E-state index contributed by atoms with van der Waals surface area (Å²) in [5.74, 6) is -0.341. The van der Waals surface area contributed by atoms with Gasteiger partial charge in [0, 0.05) is 57.6 Å². The summed E-state index contributed by atoms with van der Waals surface area (Å²) >= 11 is 0. The zero-order valence-corrected chi connectivity index (χ0v) is 18.9. The summed E-state index contributed by atoms with van der Waals surface area (Å²) in [6.45, 7) is 3.28. The highest BCUT2D eigenvalue weighted by Crippen LogP contribution is 2.30. The van der Waals surface area contributed by atoms with Gasteiger partial charge in [-0.3, -0.25) is 4.90 Å². The topological polar surface area (TPSA) is 53.1 Å². The molecule has 6 nitrogen and oxygen atoms in total. The van der Waals surface area contributed by atoms with Crippen molar-refractivity contribution in [1.29, 1.82) is 0 Å². The number of rotatable bonds is 6. The van der Waals surface area contributed by atoms with Crippen molar-refractivity contribution in [2.75, 3.05) is 50.4 Å². The lowest BCUT2D eigenvalue weighted by atomic mass is 10.1. The number of hydrogen-bond donors (Lipinski definition) is 0. The Morgan fingerprint density at radius 1 is 1.00 bits per heavy atom. The molecule has 2 fully saturated rings. The molecule has 2 aromatic carbocycles. The molecule has 11 heteroatoms. The Morgan fingerprint density at radius 3 is 2.18 bits per heavy atom. The van der Waals surface area contributed by atoms with E-state index in [0.717, 1.165) is 17.7 Å². The summed E-state index contributed by atoms with van der Waals surface area (Å²) in [5.41, 5.74) is 0.769. The average molecular weight is 488 g/mol. The van der Waals surface area contributed by atoms with E-state index in [2.05, 4.69) is 0 Å². The average Bonchev–Trinajstić information content (AvgIpc) is 2.72. The lowest BCUT2D eigenvalue weighted by Gasteiger charge is -2.39. The van der Waals surface area contributed by atoms with Crippen LogP contribution in [0.5, 0.6) is 5.75 Å². The summed E-state index contributed by atoms with van der Waals surface area (Å²) in [6, 6.07) is 9.79. The van der Waals surface area contributed by atoms with Gasteiger partial charge in [0.2, 0.25) is 10.0 Å². The number of piperazine rings is 1. The van der Waals surface area contributed by atoms with E-state index in [9.17, 15) is 26.0 Å². The monoisotopic (exact) mass is 487 g/mol. The highest BCUT2D eigenvalue weighted by atomic mass is 32.2. The molecule has 0 radical (unpaired) electrons. The molecule has 2 heterocycles. The smallest absolute Gasteiger partial charge is 0.416 e. The van der Waals surface area contributed by atoms with E-state index < -0.39 is 27.6 Å². The fraction of sp³-hybridized carbons (Fsp3) is 0.455. The van der Waals surface area contributed by atoms with Gasteiger partial charge in [-0.15, -0.1) is 0 Å². The van der Waals surface area contributed by atoms with E-state index >= 15 is 0 Å². The Balaban J connectivity index is 1.26. The van der Waals surface area contributed by atoms with Gasteiger partial charge in [-0.2, -0.15) is 17.5 Å². The van der Waals surface area contributed by atoms with Crippen LogP contribution in [0.25, 0.3) is 0 Å². The van der Waals surface area contributed by atoms with Gasteiger partial charge in [-0.1, -0.05) is 12.1 Å². The number of likely N-dealkylation sites (tertiary alicyclic amines) is 1. The minimum absolute atomic E-state index is 0.146. The predicted molar refractivity (Wildman–Crippen MR) is 116 cm³/mol. The molecule has 0 atom stereocenters. The van der Waals surface area contributed by atoms with Crippen molar-refractivity contribution in [3.05, 3.63) is 59.4 Å². The predicted octanol–water partition coefficient (Wildman–Crippen LogP) is 3.19. The molecular weight excluding hydrogens is 462 g/mol. The number of sulfonamides is 1. The molecule has 0 bridgehead atoms. The summed E-state index contributed by atoms with van der Waals surface area (Å²) in [7, 11) is -3.23. The molecular formula is C22H25F4N3O3S. The largest absolute Gasteiger partial charge is 0.485 e. The molecule has 0 N–H and O–H groups in total. The zero-order valence-electron chi connectivity index (χ0n) is 18.1. The fourth-order valence-electron chi connectivity index (χ4n) is 4.02. The van der Waals surface area contributed by atoms with Crippen molar-refractivity contribution >= 4 is 15.7 Å². The third-order valence-electron chi connectivity index (χ3n) is 5.89. The first-order chi connectivity index (χ1) is 15.5. The van der Waals surface area contributed by atoms with Gasteiger partial charge >= 0.3 is 6.18 Å². The maximum Gasteiger partial charge on any atom is 0.416 e. The number of halogens is 4. The molecule has 0 saturated carbocycles. The zero-order chi connectivity index (χ0) is 23.8. The standard InChI is InChI=1S/C22H25F4N3O3S/c1-33(30,31)29-10-8-28(9-11-29)18-6-7-21(20(23)12-18)32-19-14-27(15-19)13-16-2-4-17(5-3-16)22(24,25)26/h2-7,12,19H,8-11,13-15H2,1H3. The van der Waals surface area contributed by atoms with E-state index in [4.69, 9.17) is 4.74 Å². The molecule has 0 unspecified atom stereocenters. The first kappa shape index (κ1) is 23.8. The van der Waals surface area contributed by atoms with E-state index in [1.165, 1.54) is 28.8 Å². The Labute approximate surface area is 190 Å². The molecule has 0 spiro atoms. The lowest BCUT2D eigenvalue weighted by Crippen LogP contribution is -2.53. The number of benzene rings is 2. The van der Waals surface area contributed by atoms with Crippen LogP contribution in [0.15, 0.2) is 42.5 Å². The number of nitrogens with zero attached hydrogens (tertiary/aromatic N) is 3. The Morgan fingerprint density at radius 2 is 1.64 bits per heavy atom. The summed E-state index contributed by atoms with van der Waals surface area (Å²) < 4.78 is 83.0. The van der Waals surface area contributed by atoms with Crippen molar-refractivity contribution in [2.24, 2.45) is 0 Å². The van der Waals surface area contributed by atoms with Crippen LogP contribution in [0.2, 0.25) is 0 Å². The van der Waals surface area contributed by atoms with E-state index in [0.29, 0.717) is 51.5 Å². The van der Waals surface area contributed by atoms with Crippen molar-refractivity contribution in [3.8, 4) is 5.75 Å². The summed E-state index contributed by atoms with van der Waals surface area (Å²) in [5, 5.41) is 0. The SMILES string of the molecule is CS(=O)(=O)N1CCN(c2ccc(OC3CN(Cc4ccc(C(F)(F)F)cc4)C3)c(F)c2)CC1. The van der Waals surface area contributed by atoms with Gasteiger partial charge in [0.15, 0.2) is 11.6 Å². The van der Waals surface area contributed by atoms with Gasteiger partial charge in [-0.05, 0) is 29.8 Å². The third kappa shape index (κ3) is 5.77. The highest BCUT2D eigenvalue weighted by molar-refractivity contribution is 7.88. The van der Waals surface area contributed by atoms with Gasteiger partial charge in [-0.25, -0.2) is 12.8 Å². The third-order valence-corrected chi connectivity index (χ3v) is 7.20. The van der Waals surface area contributed by atoms with Crippen molar-refractivity contribution in [3.63, 3.8) is 0 Å². The van der Waals surface area contributed by atoms with Crippen LogP contribution < -0.4 is 9.64 Å². The van der Waals surface area contributed by atoms with Crippen molar-refractivity contribution < 1.29 is 30.7 Å². The quantitative estimate of drug-likeness (QED) is 0.586. The van der Waals surface area contributed by atoms with Gasteiger partial charge in [0.05, 0.1) is 11.8 Å². The van der Waals surface area contributed by atoms with E-state index in [-0.39, 0.29) is 11.9 Å². The first-order valence-electron chi connectivity index (χ1n) is 10.5. The maximum atomic E-state index is 14.6. The fourth-order valence-corrected chi connectivity index (χ4v) is 4.85. The molecule has 2 aliphatic heterocycles. The molecule has 4 rings (SSSR count). The van der Waals surface area contributed by atoms with Gasteiger partial charge in [0.1, 0.15) is 6.10 Å². The van der Waals surface area contributed by atoms with Crippen LogP contribution in [0.3, 0.4) is 0 Å². The molecule has 2 saturated heterocycles. The number of alkyl halides is 3. The Bertz CT molecular complexity index is 1080. The van der Waals surface area contributed by atoms with E-state index in [1.807, 2.05) is 9.80 Å².